The fraction of sp³-hybridized carbons (Fsp3) is 0.600. The van der Waals surface area contributed by atoms with Gasteiger partial charge in [0.2, 0.25) is 0 Å². The molecule has 7 nitrogen and oxygen atoms in total. The van der Waals surface area contributed by atoms with Gasteiger partial charge in [0.1, 0.15) is 5.75 Å². The molecule has 174 valence electrons. The summed E-state index contributed by atoms with van der Waals surface area (Å²) in [5.41, 5.74) is 0.178. The fourth-order valence-electron chi connectivity index (χ4n) is 4.11. The molecule has 0 saturated heterocycles. The highest BCUT2D eigenvalue weighted by Crippen LogP contribution is 2.52. The monoisotopic (exact) mass is 451 g/mol. The molecule has 0 unspecified atom stereocenters. The number of nitrogens with one attached hydrogen (secondary N) is 1. The minimum absolute atomic E-state index is 0.0430. The summed E-state index contributed by atoms with van der Waals surface area (Å²) in [5.74, 6) is -3.08. The second kappa shape index (κ2) is 9.29. The summed E-state index contributed by atoms with van der Waals surface area (Å²) < 4.78 is 56.0. The van der Waals surface area contributed by atoms with E-state index in [2.05, 4.69) is 5.32 Å². The Morgan fingerprint density at radius 3 is 1.87 bits per heavy atom. The first-order valence-corrected chi connectivity index (χ1v) is 9.57. The van der Waals surface area contributed by atoms with Crippen LogP contribution in [0.15, 0.2) is 12.1 Å². The van der Waals surface area contributed by atoms with Gasteiger partial charge in [0, 0.05) is 23.7 Å². The van der Waals surface area contributed by atoms with Crippen LogP contribution >= 0.6 is 0 Å². The molecule has 11 heteroatoms. The van der Waals surface area contributed by atoms with E-state index in [-0.39, 0.29) is 11.3 Å². The zero-order valence-electron chi connectivity index (χ0n) is 17.1. The maximum atomic E-state index is 14.0. The van der Waals surface area contributed by atoms with Crippen LogP contribution in [0.5, 0.6) is 11.5 Å². The second-order valence-corrected chi connectivity index (χ2v) is 7.82. The van der Waals surface area contributed by atoms with Gasteiger partial charge >= 0.3 is 18.1 Å². The molecule has 1 aromatic carbocycles. The molecular formula is C20H25F4NO6. The number of alkyl halides is 3. The maximum Gasteiger partial charge on any atom is 0.490 e. The summed E-state index contributed by atoms with van der Waals surface area (Å²) in [6.07, 6.45) is -0.406. The lowest BCUT2D eigenvalue weighted by Crippen LogP contribution is -2.56. The quantitative estimate of drug-likeness (QED) is 0.566. The average Bonchev–Trinajstić information content (AvgIpc) is 2.73. The van der Waals surface area contributed by atoms with E-state index in [9.17, 15) is 27.5 Å². The van der Waals surface area contributed by atoms with Crippen LogP contribution in [0, 0.1) is 11.2 Å². The Morgan fingerprint density at radius 2 is 1.48 bits per heavy atom. The zero-order valence-corrected chi connectivity index (χ0v) is 17.1. The van der Waals surface area contributed by atoms with Crippen molar-refractivity contribution in [1.29, 1.82) is 0 Å². The Morgan fingerprint density at radius 1 is 1.00 bits per heavy atom. The van der Waals surface area contributed by atoms with Crippen molar-refractivity contribution in [3.8, 4) is 11.5 Å². The Balaban J connectivity index is 0.000000423. The smallest absolute Gasteiger partial charge is 0.490 e. The number of carboxylic acid groups (broad SMARTS) is 2. The van der Waals surface area contributed by atoms with Crippen LogP contribution in [0.3, 0.4) is 0 Å². The largest absolute Gasteiger partial charge is 0.496 e. The van der Waals surface area contributed by atoms with Gasteiger partial charge in [-0.3, -0.25) is 4.79 Å². The lowest BCUT2D eigenvalue weighted by Gasteiger charge is -2.51. The minimum atomic E-state index is -5.08. The van der Waals surface area contributed by atoms with E-state index in [1.165, 1.54) is 13.2 Å². The Kier molecular flexibility index (Phi) is 7.40. The molecule has 0 aliphatic heterocycles. The average molecular weight is 451 g/mol. The van der Waals surface area contributed by atoms with Crippen LogP contribution in [-0.2, 0) is 16.1 Å². The van der Waals surface area contributed by atoms with Crippen LogP contribution in [0.1, 0.15) is 44.1 Å². The van der Waals surface area contributed by atoms with Gasteiger partial charge in [0.25, 0.3) is 0 Å². The van der Waals surface area contributed by atoms with Gasteiger partial charge in [-0.1, -0.05) is 0 Å². The van der Waals surface area contributed by atoms with E-state index in [1.807, 2.05) is 0 Å². The molecule has 3 aliphatic carbocycles. The topological polar surface area (TPSA) is 105 Å². The van der Waals surface area contributed by atoms with Crippen molar-refractivity contribution in [3.63, 3.8) is 0 Å². The number of halogens is 4. The molecule has 0 amide bonds. The number of hydrogen-bond donors (Lipinski definition) is 3. The van der Waals surface area contributed by atoms with E-state index in [1.54, 1.807) is 13.2 Å². The first-order valence-electron chi connectivity index (χ1n) is 9.57. The summed E-state index contributed by atoms with van der Waals surface area (Å²) in [6, 6.07) is 3.00. The number of fused-ring (bicyclic) bond motifs is 3. The molecule has 0 atom stereocenters. The Labute approximate surface area is 176 Å². The van der Waals surface area contributed by atoms with Gasteiger partial charge in [-0.2, -0.15) is 13.2 Å². The van der Waals surface area contributed by atoms with E-state index < -0.39 is 29.3 Å². The van der Waals surface area contributed by atoms with Crippen molar-refractivity contribution < 1.29 is 46.8 Å². The SMILES string of the molecule is COc1cc(OC)c(CNC23CCC(C(=O)O)(CC2)CC3)cc1F.O=C(O)C(F)(F)F. The van der Waals surface area contributed by atoms with Crippen molar-refractivity contribution in [2.24, 2.45) is 5.41 Å². The third-order valence-corrected chi connectivity index (χ3v) is 6.15. The highest BCUT2D eigenvalue weighted by molar-refractivity contribution is 5.75. The molecule has 3 N–H and O–H groups in total. The first-order chi connectivity index (χ1) is 14.4. The van der Waals surface area contributed by atoms with E-state index in [4.69, 9.17) is 19.4 Å². The Hall–Kier alpha value is -2.56. The predicted molar refractivity (Wildman–Crippen MR) is 101 cm³/mol. The molecule has 0 aromatic heterocycles. The predicted octanol–water partition coefficient (Wildman–Crippen LogP) is 3.74. The van der Waals surface area contributed by atoms with Gasteiger partial charge in [0.05, 0.1) is 19.6 Å². The van der Waals surface area contributed by atoms with Crippen molar-refractivity contribution in [3.05, 3.63) is 23.5 Å². The summed E-state index contributed by atoms with van der Waals surface area (Å²) in [5, 5.41) is 20.1. The molecule has 0 heterocycles. The number of aliphatic carboxylic acids is 2. The third-order valence-electron chi connectivity index (χ3n) is 6.15. The van der Waals surface area contributed by atoms with Gasteiger partial charge in [-0.15, -0.1) is 0 Å². The second-order valence-electron chi connectivity index (χ2n) is 7.82. The molecule has 4 rings (SSSR count). The molecule has 31 heavy (non-hydrogen) atoms. The molecular weight excluding hydrogens is 426 g/mol. The molecule has 1 aromatic rings. The highest BCUT2D eigenvalue weighted by Gasteiger charge is 2.52. The zero-order chi connectivity index (χ0) is 23.4. The minimum Gasteiger partial charge on any atom is -0.496 e. The van der Waals surface area contributed by atoms with Gasteiger partial charge < -0.3 is 25.0 Å². The van der Waals surface area contributed by atoms with Crippen molar-refractivity contribution in [2.75, 3.05) is 14.2 Å². The van der Waals surface area contributed by atoms with Crippen molar-refractivity contribution in [2.45, 2.75) is 56.8 Å². The van der Waals surface area contributed by atoms with Gasteiger partial charge in [0.15, 0.2) is 11.6 Å². The van der Waals surface area contributed by atoms with Crippen LogP contribution in [0.4, 0.5) is 17.6 Å². The number of carboxylic acids is 2. The van der Waals surface area contributed by atoms with Crippen LogP contribution in [0.25, 0.3) is 0 Å². The van der Waals surface area contributed by atoms with E-state index in [0.29, 0.717) is 31.6 Å². The van der Waals surface area contributed by atoms with Crippen LogP contribution < -0.4 is 14.8 Å². The molecule has 0 spiro atoms. The lowest BCUT2D eigenvalue weighted by atomic mass is 9.57. The molecule has 0 radical (unpaired) electrons. The number of benzene rings is 1. The van der Waals surface area contributed by atoms with Crippen LogP contribution in [0.2, 0.25) is 0 Å². The van der Waals surface area contributed by atoms with Crippen molar-refractivity contribution >= 4 is 11.9 Å². The van der Waals surface area contributed by atoms with E-state index in [0.717, 1.165) is 24.8 Å². The van der Waals surface area contributed by atoms with Gasteiger partial charge in [-0.05, 0) is 44.6 Å². The lowest BCUT2D eigenvalue weighted by molar-refractivity contribution is -0.192. The summed E-state index contributed by atoms with van der Waals surface area (Å²) in [4.78, 5) is 20.4. The Bertz CT molecular complexity index is 802. The van der Waals surface area contributed by atoms with Gasteiger partial charge in [-0.25, -0.2) is 9.18 Å². The molecule has 3 fully saturated rings. The molecule has 3 saturated carbocycles. The normalized spacial score (nSPS) is 24.7. The molecule has 2 bridgehead atoms. The van der Waals surface area contributed by atoms with E-state index >= 15 is 0 Å². The fourth-order valence-corrected chi connectivity index (χ4v) is 4.11. The van der Waals surface area contributed by atoms with Crippen molar-refractivity contribution in [1.82, 2.24) is 5.32 Å². The first kappa shape index (κ1) is 24.7. The molecule has 3 aliphatic rings. The highest BCUT2D eigenvalue weighted by atomic mass is 19.4. The third kappa shape index (κ3) is 5.57. The number of hydrogen-bond acceptors (Lipinski definition) is 5. The summed E-state index contributed by atoms with van der Waals surface area (Å²) >= 11 is 0. The van der Waals surface area contributed by atoms with Crippen LogP contribution in [-0.4, -0.2) is 48.1 Å². The summed E-state index contributed by atoms with van der Waals surface area (Å²) in [6.45, 7) is 0.490. The number of carbonyl (C=O) groups is 2. The number of rotatable bonds is 6. The maximum absolute atomic E-state index is 14.0. The number of methoxy groups -OCH3 is 2. The standard InChI is InChI=1S/C18H24FNO4.C2HF3O2/c1-23-14-10-15(24-2)13(19)9-12(14)11-20-18-6-3-17(4-7-18,5-8-18)16(21)22;3-2(4,5)1(6)7/h9-10,20H,3-8,11H2,1-2H3,(H,21,22);(H,6,7). The number of ether oxygens (including phenoxy) is 2. The summed E-state index contributed by atoms with van der Waals surface area (Å²) in [7, 11) is 2.98.